The first-order chi connectivity index (χ1) is 10.7. The molecule has 5 heteroatoms. The fraction of sp³-hybridized carbons (Fsp3) is 0.529. The van der Waals surface area contributed by atoms with Crippen LogP contribution in [0.5, 0.6) is 0 Å². The van der Waals surface area contributed by atoms with E-state index in [1.165, 1.54) is 0 Å². The average Bonchev–Trinajstić information content (AvgIpc) is 3.25. The Kier molecular flexibility index (Phi) is 4.73. The van der Waals surface area contributed by atoms with Gasteiger partial charge in [-0.2, -0.15) is 0 Å². The molecular formula is C17H22N2O3. The SMILES string of the molecule is O=C(NCC1CCCO1)c1cccc(C(=O)N2CCCC2)c1. The van der Waals surface area contributed by atoms with Crippen LogP contribution < -0.4 is 5.32 Å². The minimum atomic E-state index is -0.147. The van der Waals surface area contributed by atoms with E-state index in [0.717, 1.165) is 45.4 Å². The van der Waals surface area contributed by atoms with Gasteiger partial charge >= 0.3 is 0 Å². The van der Waals surface area contributed by atoms with Crippen LogP contribution in [0.3, 0.4) is 0 Å². The number of nitrogens with one attached hydrogen (secondary N) is 1. The third-order valence-corrected chi connectivity index (χ3v) is 4.28. The summed E-state index contributed by atoms with van der Waals surface area (Å²) in [4.78, 5) is 26.4. The van der Waals surface area contributed by atoms with Gasteiger partial charge in [-0.25, -0.2) is 0 Å². The molecule has 118 valence electrons. The van der Waals surface area contributed by atoms with Gasteiger partial charge < -0.3 is 15.0 Å². The van der Waals surface area contributed by atoms with Crippen molar-refractivity contribution in [1.82, 2.24) is 10.2 Å². The molecule has 2 saturated heterocycles. The van der Waals surface area contributed by atoms with Gasteiger partial charge in [0.2, 0.25) is 0 Å². The van der Waals surface area contributed by atoms with Crippen LogP contribution in [-0.4, -0.2) is 49.1 Å². The van der Waals surface area contributed by atoms with Crippen LogP contribution in [-0.2, 0) is 4.74 Å². The van der Waals surface area contributed by atoms with E-state index >= 15 is 0 Å². The molecule has 3 rings (SSSR count). The molecule has 0 saturated carbocycles. The van der Waals surface area contributed by atoms with Gasteiger partial charge in [0.1, 0.15) is 0 Å². The molecule has 2 amide bonds. The molecule has 1 atom stereocenters. The molecule has 2 fully saturated rings. The summed E-state index contributed by atoms with van der Waals surface area (Å²) in [5.74, 6) is -0.127. The maximum atomic E-state index is 12.4. The topological polar surface area (TPSA) is 58.6 Å². The molecular weight excluding hydrogens is 280 g/mol. The smallest absolute Gasteiger partial charge is 0.253 e. The Morgan fingerprint density at radius 1 is 1.18 bits per heavy atom. The number of carbonyl (C=O) groups is 2. The van der Waals surface area contributed by atoms with E-state index in [2.05, 4.69) is 5.32 Å². The summed E-state index contributed by atoms with van der Waals surface area (Å²) in [7, 11) is 0. The zero-order chi connectivity index (χ0) is 15.4. The number of likely N-dealkylation sites (tertiary alicyclic amines) is 1. The number of hydrogen-bond acceptors (Lipinski definition) is 3. The van der Waals surface area contributed by atoms with Crippen molar-refractivity contribution in [2.75, 3.05) is 26.2 Å². The summed E-state index contributed by atoms with van der Waals surface area (Å²) >= 11 is 0. The third kappa shape index (κ3) is 3.47. The highest BCUT2D eigenvalue weighted by Gasteiger charge is 2.21. The minimum Gasteiger partial charge on any atom is -0.376 e. The lowest BCUT2D eigenvalue weighted by Crippen LogP contribution is -2.32. The monoisotopic (exact) mass is 302 g/mol. The summed E-state index contributed by atoms with van der Waals surface area (Å²) in [6.07, 6.45) is 4.30. The molecule has 0 spiro atoms. The molecule has 1 N–H and O–H groups in total. The lowest BCUT2D eigenvalue weighted by Gasteiger charge is -2.16. The Bertz CT molecular complexity index is 547. The maximum Gasteiger partial charge on any atom is 0.253 e. The number of carbonyl (C=O) groups excluding carboxylic acids is 2. The molecule has 0 radical (unpaired) electrons. The van der Waals surface area contributed by atoms with E-state index < -0.39 is 0 Å². The van der Waals surface area contributed by atoms with E-state index in [4.69, 9.17) is 4.74 Å². The van der Waals surface area contributed by atoms with Crippen molar-refractivity contribution in [2.45, 2.75) is 31.8 Å². The second kappa shape index (κ2) is 6.92. The first-order valence-corrected chi connectivity index (χ1v) is 8.03. The van der Waals surface area contributed by atoms with E-state index in [9.17, 15) is 9.59 Å². The summed E-state index contributed by atoms with van der Waals surface area (Å²) in [6, 6.07) is 6.97. The Labute approximate surface area is 130 Å². The highest BCUT2D eigenvalue weighted by molar-refractivity contribution is 5.99. The summed E-state index contributed by atoms with van der Waals surface area (Å²) in [6.45, 7) is 2.94. The van der Waals surface area contributed by atoms with Crippen LogP contribution >= 0.6 is 0 Å². The summed E-state index contributed by atoms with van der Waals surface area (Å²) < 4.78 is 5.49. The van der Waals surface area contributed by atoms with Gasteiger partial charge in [-0.15, -0.1) is 0 Å². The lowest BCUT2D eigenvalue weighted by atomic mass is 10.1. The van der Waals surface area contributed by atoms with Gasteiger partial charge in [0.15, 0.2) is 0 Å². The Morgan fingerprint density at radius 2 is 1.95 bits per heavy atom. The number of rotatable bonds is 4. The normalized spacial score (nSPS) is 21.1. The molecule has 0 aliphatic carbocycles. The predicted octanol–water partition coefficient (Wildman–Crippen LogP) is 1.83. The standard InChI is InChI=1S/C17H22N2O3/c20-16(18-12-15-7-4-10-22-15)13-5-3-6-14(11-13)17(21)19-8-1-2-9-19/h3,5-6,11,15H,1-2,4,7-10,12H2,(H,18,20). The molecule has 5 nitrogen and oxygen atoms in total. The van der Waals surface area contributed by atoms with Crippen molar-refractivity contribution in [3.05, 3.63) is 35.4 Å². The third-order valence-electron chi connectivity index (χ3n) is 4.28. The highest BCUT2D eigenvalue weighted by Crippen LogP contribution is 2.15. The Morgan fingerprint density at radius 3 is 2.68 bits per heavy atom. The van der Waals surface area contributed by atoms with Crippen LogP contribution in [0.2, 0.25) is 0 Å². The van der Waals surface area contributed by atoms with Crippen molar-refractivity contribution in [1.29, 1.82) is 0 Å². The molecule has 1 aromatic rings. The number of nitrogens with zero attached hydrogens (tertiary/aromatic N) is 1. The van der Waals surface area contributed by atoms with Crippen LogP contribution in [0, 0.1) is 0 Å². The van der Waals surface area contributed by atoms with Crippen LogP contribution in [0.4, 0.5) is 0 Å². The number of ether oxygens (including phenoxy) is 1. The lowest BCUT2D eigenvalue weighted by molar-refractivity contribution is 0.0792. The highest BCUT2D eigenvalue weighted by atomic mass is 16.5. The zero-order valence-electron chi connectivity index (χ0n) is 12.7. The van der Waals surface area contributed by atoms with Crippen molar-refractivity contribution in [3.8, 4) is 0 Å². The van der Waals surface area contributed by atoms with Crippen LogP contribution in [0.15, 0.2) is 24.3 Å². The van der Waals surface area contributed by atoms with Gasteiger partial charge in [0.25, 0.3) is 11.8 Å². The Hall–Kier alpha value is -1.88. The molecule has 1 aromatic carbocycles. The van der Waals surface area contributed by atoms with Crippen molar-refractivity contribution in [3.63, 3.8) is 0 Å². The fourth-order valence-corrected chi connectivity index (χ4v) is 3.01. The molecule has 1 unspecified atom stereocenters. The maximum absolute atomic E-state index is 12.4. The number of amides is 2. The van der Waals surface area contributed by atoms with Gasteiger partial charge in [-0.05, 0) is 43.9 Å². The molecule has 2 aliphatic heterocycles. The molecule has 2 aliphatic rings. The van der Waals surface area contributed by atoms with Crippen molar-refractivity contribution in [2.24, 2.45) is 0 Å². The van der Waals surface area contributed by atoms with E-state index in [-0.39, 0.29) is 17.9 Å². The second-order valence-electron chi connectivity index (χ2n) is 5.93. The zero-order valence-corrected chi connectivity index (χ0v) is 12.7. The number of benzene rings is 1. The summed E-state index contributed by atoms with van der Waals surface area (Å²) in [5.41, 5.74) is 1.12. The molecule has 22 heavy (non-hydrogen) atoms. The predicted molar refractivity (Wildman–Crippen MR) is 82.9 cm³/mol. The minimum absolute atomic E-state index is 0.0197. The quantitative estimate of drug-likeness (QED) is 0.923. The molecule has 0 aromatic heterocycles. The fourth-order valence-electron chi connectivity index (χ4n) is 3.01. The van der Waals surface area contributed by atoms with E-state index in [1.54, 1.807) is 24.3 Å². The summed E-state index contributed by atoms with van der Waals surface area (Å²) in [5, 5.41) is 2.89. The first kappa shape index (κ1) is 15.0. The largest absolute Gasteiger partial charge is 0.376 e. The van der Waals surface area contributed by atoms with Crippen LogP contribution in [0.25, 0.3) is 0 Å². The van der Waals surface area contributed by atoms with Crippen molar-refractivity contribution < 1.29 is 14.3 Å². The molecule has 0 bridgehead atoms. The van der Waals surface area contributed by atoms with Crippen molar-refractivity contribution >= 4 is 11.8 Å². The van der Waals surface area contributed by atoms with E-state index in [0.29, 0.717) is 17.7 Å². The van der Waals surface area contributed by atoms with Crippen LogP contribution in [0.1, 0.15) is 46.4 Å². The molecule has 2 heterocycles. The van der Waals surface area contributed by atoms with Gasteiger partial charge in [-0.3, -0.25) is 9.59 Å². The average molecular weight is 302 g/mol. The van der Waals surface area contributed by atoms with Gasteiger partial charge in [0.05, 0.1) is 6.10 Å². The van der Waals surface area contributed by atoms with Gasteiger partial charge in [0, 0.05) is 37.4 Å². The number of hydrogen-bond donors (Lipinski definition) is 1. The van der Waals surface area contributed by atoms with Gasteiger partial charge in [-0.1, -0.05) is 6.07 Å². The second-order valence-corrected chi connectivity index (χ2v) is 5.93. The van der Waals surface area contributed by atoms with E-state index in [1.807, 2.05) is 4.90 Å². The Balaban J connectivity index is 1.62. The first-order valence-electron chi connectivity index (χ1n) is 8.03.